The van der Waals surface area contributed by atoms with E-state index in [-0.39, 0.29) is 11.7 Å². The number of methoxy groups -OCH3 is 2. The molecule has 2 aromatic carbocycles. The Kier molecular flexibility index (Phi) is 6.03. The molecule has 0 saturated heterocycles. The molecule has 1 aromatic heterocycles. The Morgan fingerprint density at radius 3 is 2.70 bits per heavy atom. The summed E-state index contributed by atoms with van der Waals surface area (Å²) in [4.78, 5) is 16.7. The van der Waals surface area contributed by atoms with Crippen LogP contribution < -0.4 is 14.8 Å². The van der Waals surface area contributed by atoms with Crippen LogP contribution in [0.25, 0.3) is 10.6 Å². The van der Waals surface area contributed by atoms with Crippen LogP contribution in [-0.4, -0.2) is 31.7 Å². The van der Waals surface area contributed by atoms with Gasteiger partial charge >= 0.3 is 0 Å². The number of aromatic nitrogens is 1. The molecule has 3 rings (SSSR count). The molecule has 1 amide bonds. The third-order valence-corrected chi connectivity index (χ3v) is 4.85. The molecule has 0 aliphatic carbocycles. The second-order valence-corrected chi connectivity index (χ2v) is 6.60. The molecular formula is C20H19FN2O3S. The summed E-state index contributed by atoms with van der Waals surface area (Å²) in [5, 5.41) is 5.24. The number of hydrogen-bond acceptors (Lipinski definition) is 5. The molecule has 1 heterocycles. The highest BCUT2D eigenvalue weighted by Gasteiger charge is 2.13. The number of carbonyl (C=O) groups excluding carboxylic acids is 1. The number of nitrogens with one attached hydrogen (secondary N) is 1. The maximum absolute atomic E-state index is 13.2. The average molecular weight is 386 g/mol. The Hall–Kier alpha value is -2.93. The van der Waals surface area contributed by atoms with E-state index in [9.17, 15) is 9.18 Å². The van der Waals surface area contributed by atoms with Gasteiger partial charge < -0.3 is 14.8 Å². The fourth-order valence-corrected chi connectivity index (χ4v) is 3.38. The monoisotopic (exact) mass is 386 g/mol. The lowest BCUT2D eigenvalue weighted by molar-refractivity contribution is 0.0950. The van der Waals surface area contributed by atoms with Crippen molar-refractivity contribution < 1.29 is 18.7 Å². The van der Waals surface area contributed by atoms with Crippen molar-refractivity contribution in [3.05, 3.63) is 64.9 Å². The molecule has 0 fully saturated rings. The standard InChI is InChI=1S/C20H19FN2O3S/c1-25-17-7-6-14(11-18(17)26-2)20-23-16(12-27-20)19(24)22-9-8-13-4-3-5-15(21)10-13/h3-7,10-12H,8-9H2,1-2H3,(H,22,24). The van der Waals surface area contributed by atoms with Gasteiger partial charge in [0.05, 0.1) is 14.2 Å². The van der Waals surface area contributed by atoms with Crippen molar-refractivity contribution in [2.24, 2.45) is 0 Å². The molecule has 5 nitrogen and oxygen atoms in total. The van der Waals surface area contributed by atoms with Crippen molar-refractivity contribution in [2.45, 2.75) is 6.42 Å². The molecule has 0 aliphatic heterocycles. The van der Waals surface area contributed by atoms with E-state index in [1.54, 1.807) is 31.7 Å². The van der Waals surface area contributed by atoms with Crippen molar-refractivity contribution in [2.75, 3.05) is 20.8 Å². The third kappa shape index (κ3) is 4.62. The maximum Gasteiger partial charge on any atom is 0.270 e. The van der Waals surface area contributed by atoms with Gasteiger partial charge in [0, 0.05) is 17.5 Å². The number of rotatable bonds is 7. The van der Waals surface area contributed by atoms with Gasteiger partial charge in [-0.05, 0) is 42.3 Å². The van der Waals surface area contributed by atoms with Crippen molar-refractivity contribution in [3.8, 4) is 22.1 Å². The molecule has 0 bridgehead atoms. The van der Waals surface area contributed by atoms with Gasteiger partial charge in [-0.1, -0.05) is 12.1 Å². The number of ether oxygens (including phenoxy) is 2. The predicted octanol–water partition coefficient (Wildman–Crippen LogP) is 3.94. The second-order valence-electron chi connectivity index (χ2n) is 5.74. The second kappa shape index (κ2) is 8.64. The summed E-state index contributed by atoms with van der Waals surface area (Å²) in [5.41, 5.74) is 2.03. The molecule has 0 unspecified atom stereocenters. The highest BCUT2D eigenvalue weighted by atomic mass is 32.1. The number of amides is 1. The summed E-state index contributed by atoms with van der Waals surface area (Å²) in [6, 6.07) is 11.8. The van der Waals surface area contributed by atoms with Gasteiger partial charge in [-0.25, -0.2) is 9.37 Å². The van der Waals surface area contributed by atoms with E-state index in [0.29, 0.717) is 35.2 Å². The molecule has 0 aliphatic rings. The van der Waals surface area contributed by atoms with Gasteiger partial charge in [0.25, 0.3) is 5.91 Å². The predicted molar refractivity (Wildman–Crippen MR) is 103 cm³/mol. The highest BCUT2D eigenvalue weighted by Crippen LogP contribution is 2.33. The van der Waals surface area contributed by atoms with Crippen LogP contribution >= 0.6 is 11.3 Å². The van der Waals surface area contributed by atoms with Crippen LogP contribution in [0.2, 0.25) is 0 Å². The molecule has 0 atom stereocenters. The molecule has 0 spiro atoms. The lowest BCUT2D eigenvalue weighted by Gasteiger charge is -2.08. The molecule has 3 aromatic rings. The first-order valence-electron chi connectivity index (χ1n) is 8.31. The zero-order valence-electron chi connectivity index (χ0n) is 15.0. The maximum atomic E-state index is 13.2. The first-order chi connectivity index (χ1) is 13.1. The normalized spacial score (nSPS) is 10.5. The van der Waals surface area contributed by atoms with Gasteiger partial charge in [0.1, 0.15) is 16.5 Å². The van der Waals surface area contributed by atoms with Crippen LogP contribution in [0.5, 0.6) is 11.5 Å². The molecule has 140 valence electrons. The summed E-state index contributed by atoms with van der Waals surface area (Å²) in [6.07, 6.45) is 0.552. The molecule has 27 heavy (non-hydrogen) atoms. The zero-order valence-corrected chi connectivity index (χ0v) is 15.8. The number of benzene rings is 2. The molecule has 1 N–H and O–H groups in total. The smallest absolute Gasteiger partial charge is 0.270 e. The lowest BCUT2D eigenvalue weighted by atomic mass is 10.1. The van der Waals surface area contributed by atoms with Gasteiger partial charge in [-0.15, -0.1) is 11.3 Å². The number of halogens is 1. The van der Waals surface area contributed by atoms with Crippen molar-refractivity contribution in [1.82, 2.24) is 10.3 Å². The largest absolute Gasteiger partial charge is 0.493 e. The van der Waals surface area contributed by atoms with Crippen molar-refractivity contribution in [1.29, 1.82) is 0 Å². The van der Waals surface area contributed by atoms with Gasteiger partial charge in [0.2, 0.25) is 0 Å². The van der Waals surface area contributed by atoms with Gasteiger partial charge in [-0.2, -0.15) is 0 Å². The van der Waals surface area contributed by atoms with E-state index < -0.39 is 0 Å². The van der Waals surface area contributed by atoms with E-state index in [4.69, 9.17) is 9.47 Å². The van der Waals surface area contributed by atoms with Gasteiger partial charge in [0.15, 0.2) is 11.5 Å². The minimum Gasteiger partial charge on any atom is -0.493 e. The van der Waals surface area contributed by atoms with Crippen LogP contribution in [-0.2, 0) is 6.42 Å². The third-order valence-electron chi connectivity index (χ3n) is 3.96. The molecule has 0 radical (unpaired) electrons. The van der Waals surface area contributed by atoms with E-state index in [1.807, 2.05) is 18.2 Å². The van der Waals surface area contributed by atoms with Crippen molar-refractivity contribution >= 4 is 17.2 Å². The Bertz CT molecular complexity index is 942. The topological polar surface area (TPSA) is 60.5 Å². The summed E-state index contributed by atoms with van der Waals surface area (Å²) >= 11 is 1.38. The summed E-state index contributed by atoms with van der Waals surface area (Å²) in [7, 11) is 3.15. The Morgan fingerprint density at radius 1 is 1.15 bits per heavy atom. The summed E-state index contributed by atoms with van der Waals surface area (Å²) in [5.74, 6) is 0.701. The fourth-order valence-electron chi connectivity index (χ4n) is 2.58. The summed E-state index contributed by atoms with van der Waals surface area (Å²) in [6.45, 7) is 0.408. The average Bonchev–Trinajstić information content (AvgIpc) is 3.17. The fraction of sp³-hybridized carbons (Fsp3) is 0.200. The Morgan fingerprint density at radius 2 is 1.96 bits per heavy atom. The quantitative estimate of drug-likeness (QED) is 0.668. The van der Waals surface area contributed by atoms with Crippen LogP contribution in [0.3, 0.4) is 0 Å². The number of thiazole rings is 1. The van der Waals surface area contributed by atoms with E-state index in [1.165, 1.54) is 23.5 Å². The van der Waals surface area contributed by atoms with E-state index in [2.05, 4.69) is 10.3 Å². The highest BCUT2D eigenvalue weighted by molar-refractivity contribution is 7.13. The minimum absolute atomic E-state index is 0.255. The Labute approximate surface area is 160 Å². The summed E-state index contributed by atoms with van der Waals surface area (Å²) < 4.78 is 23.7. The van der Waals surface area contributed by atoms with Crippen molar-refractivity contribution in [3.63, 3.8) is 0 Å². The first-order valence-corrected chi connectivity index (χ1v) is 9.19. The van der Waals surface area contributed by atoms with Gasteiger partial charge in [-0.3, -0.25) is 4.79 Å². The molecular weight excluding hydrogens is 367 g/mol. The van der Waals surface area contributed by atoms with E-state index >= 15 is 0 Å². The van der Waals surface area contributed by atoms with Crippen LogP contribution in [0.15, 0.2) is 47.8 Å². The Balaban J connectivity index is 1.64. The SMILES string of the molecule is COc1ccc(-c2nc(C(=O)NCCc3cccc(F)c3)cs2)cc1OC. The minimum atomic E-state index is -0.280. The van der Waals surface area contributed by atoms with Crippen LogP contribution in [0.1, 0.15) is 16.1 Å². The zero-order chi connectivity index (χ0) is 19.2. The molecule has 7 heteroatoms. The van der Waals surface area contributed by atoms with Crippen LogP contribution in [0, 0.1) is 5.82 Å². The molecule has 0 saturated carbocycles. The number of carbonyl (C=O) groups is 1. The first kappa shape index (κ1) is 18.8. The lowest BCUT2D eigenvalue weighted by Crippen LogP contribution is -2.25. The van der Waals surface area contributed by atoms with Crippen LogP contribution in [0.4, 0.5) is 4.39 Å². The van der Waals surface area contributed by atoms with E-state index in [0.717, 1.165) is 11.1 Å². The number of hydrogen-bond donors (Lipinski definition) is 1. The number of nitrogens with zero attached hydrogens (tertiary/aromatic N) is 1.